The summed E-state index contributed by atoms with van der Waals surface area (Å²) in [5.41, 5.74) is 0. The number of hydrogen-bond acceptors (Lipinski definition) is 8. The maximum Gasteiger partial charge on any atom is 0.502 e. The van der Waals surface area contributed by atoms with E-state index >= 15 is 0 Å². The van der Waals surface area contributed by atoms with Crippen molar-refractivity contribution < 1.29 is 26.6 Å². The number of fused-ring (bicyclic) bond motifs is 12. The van der Waals surface area contributed by atoms with Crippen LogP contribution in [-0.4, -0.2) is 103 Å². The van der Waals surface area contributed by atoms with E-state index in [0.29, 0.717) is 11.8 Å². The van der Waals surface area contributed by atoms with Crippen LogP contribution in [0.25, 0.3) is 0 Å². The molecule has 216 valence electrons. The van der Waals surface area contributed by atoms with Crippen LogP contribution in [0.4, 0.5) is 0 Å². The number of hydrogen-bond donors (Lipinski definition) is 0. The van der Waals surface area contributed by atoms with Gasteiger partial charge in [-0.05, 0) is 52.4 Å². The molecule has 0 aromatic carbocycles. The van der Waals surface area contributed by atoms with E-state index in [1.165, 1.54) is 0 Å². The molecular formula is C27H54N2O6Si2. The molecular weight excluding hydrogens is 504 g/mol. The van der Waals surface area contributed by atoms with E-state index in [1.807, 2.05) is 0 Å². The zero-order valence-corrected chi connectivity index (χ0v) is 26.7. The molecule has 0 aromatic heterocycles. The first kappa shape index (κ1) is 30.1. The van der Waals surface area contributed by atoms with Crippen LogP contribution in [0.15, 0.2) is 0 Å². The second-order valence-corrected chi connectivity index (χ2v) is 17.9. The first-order chi connectivity index (χ1) is 17.5. The van der Waals surface area contributed by atoms with Crippen LogP contribution in [0.5, 0.6) is 0 Å². The molecule has 0 amide bonds. The summed E-state index contributed by atoms with van der Waals surface area (Å²) in [6.45, 7) is 23.3. The summed E-state index contributed by atoms with van der Waals surface area (Å²) in [4.78, 5) is 4.95. The summed E-state index contributed by atoms with van der Waals surface area (Å²) < 4.78 is 40.5. The lowest BCUT2D eigenvalue weighted by atomic mass is 10.1. The smallest absolute Gasteiger partial charge is 0.369 e. The minimum Gasteiger partial charge on any atom is -0.369 e. The molecule has 7 unspecified atom stereocenters. The second-order valence-electron chi connectivity index (χ2n) is 12.9. The Balaban J connectivity index is 1.50. The zero-order chi connectivity index (χ0) is 26.8. The van der Waals surface area contributed by atoms with Gasteiger partial charge in [-0.3, -0.25) is 9.80 Å². The number of nitrogens with zero attached hydrogens (tertiary/aromatic N) is 2. The molecule has 6 saturated heterocycles. The van der Waals surface area contributed by atoms with Crippen LogP contribution in [-0.2, 0) is 26.6 Å². The summed E-state index contributed by atoms with van der Waals surface area (Å²) in [6.07, 6.45) is 3.65. The van der Waals surface area contributed by atoms with Gasteiger partial charge >= 0.3 is 17.6 Å². The van der Waals surface area contributed by atoms with Gasteiger partial charge in [0.2, 0.25) is 0 Å². The highest BCUT2D eigenvalue weighted by Gasteiger charge is 2.52. The highest BCUT2D eigenvalue weighted by atomic mass is 28.4. The Labute approximate surface area is 228 Å². The van der Waals surface area contributed by atoms with Crippen LogP contribution >= 0.6 is 0 Å². The van der Waals surface area contributed by atoms with E-state index in [0.717, 1.165) is 70.6 Å². The molecule has 0 aromatic rings. The lowest BCUT2D eigenvalue weighted by Crippen LogP contribution is -2.63. The van der Waals surface area contributed by atoms with Crippen LogP contribution in [0.2, 0.25) is 12.1 Å². The molecule has 0 aliphatic carbocycles. The van der Waals surface area contributed by atoms with Crippen molar-refractivity contribution in [2.75, 3.05) is 39.3 Å². The van der Waals surface area contributed by atoms with Gasteiger partial charge in [-0.15, -0.1) is 0 Å². The van der Waals surface area contributed by atoms with Crippen LogP contribution < -0.4 is 0 Å². The van der Waals surface area contributed by atoms with Crippen molar-refractivity contribution in [2.24, 2.45) is 11.8 Å². The molecule has 0 radical (unpaired) electrons. The molecule has 6 fully saturated rings. The molecule has 6 aliphatic rings. The fourth-order valence-corrected chi connectivity index (χ4v) is 13.8. The van der Waals surface area contributed by atoms with Gasteiger partial charge in [0.15, 0.2) is 0 Å². The van der Waals surface area contributed by atoms with Crippen molar-refractivity contribution in [3.8, 4) is 0 Å². The summed E-state index contributed by atoms with van der Waals surface area (Å²) in [7, 11) is -5.59. The predicted molar refractivity (Wildman–Crippen MR) is 149 cm³/mol. The van der Waals surface area contributed by atoms with Crippen molar-refractivity contribution in [1.82, 2.24) is 9.80 Å². The third-order valence-electron chi connectivity index (χ3n) is 7.96. The van der Waals surface area contributed by atoms with Gasteiger partial charge in [-0.25, -0.2) is 0 Å². The Morgan fingerprint density at radius 2 is 0.973 bits per heavy atom. The molecule has 0 saturated carbocycles. The van der Waals surface area contributed by atoms with Gasteiger partial charge in [-0.2, -0.15) is 0 Å². The van der Waals surface area contributed by atoms with E-state index in [2.05, 4.69) is 65.2 Å². The van der Waals surface area contributed by atoms with Gasteiger partial charge in [0.05, 0.1) is 36.6 Å². The SMILES string of the molecule is CCC(C)C[Si]12OC(C)CN(CC(C)O1)CC(CCC1CN3CC(C)O[Si](CC(C)C)(OC(C)C3)O1)O2. The zero-order valence-electron chi connectivity index (χ0n) is 24.7. The molecule has 6 rings (SSSR count). The topological polar surface area (TPSA) is 61.9 Å². The van der Waals surface area contributed by atoms with E-state index in [4.69, 9.17) is 26.6 Å². The van der Waals surface area contributed by atoms with E-state index in [-0.39, 0.29) is 36.6 Å². The Kier molecular flexibility index (Phi) is 10.4. The average molecular weight is 559 g/mol. The minimum atomic E-state index is -2.80. The van der Waals surface area contributed by atoms with Crippen molar-refractivity contribution in [3.63, 3.8) is 0 Å². The van der Waals surface area contributed by atoms with Gasteiger partial charge < -0.3 is 26.6 Å². The lowest BCUT2D eigenvalue weighted by Gasteiger charge is -2.48. The number of rotatable bonds is 8. The molecule has 6 heterocycles. The molecule has 8 nitrogen and oxygen atoms in total. The van der Waals surface area contributed by atoms with Crippen molar-refractivity contribution in [2.45, 2.75) is 123 Å². The quantitative estimate of drug-likeness (QED) is 0.407. The maximum absolute atomic E-state index is 6.96. The Morgan fingerprint density at radius 1 is 0.595 bits per heavy atom. The molecule has 4 bridgehead atoms. The van der Waals surface area contributed by atoms with E-state index in [9.17, 15) is 0 Å². The Hall–Kier alpha value is 0.114. The van der Waals surface area contributed by atoms with Crippen molar-refractivity contribution >= 4 is 17.6 Å². The molecule has 37 heavy (non-hydrogen) atoms. The van der Waals surface area contributed by atoms with Gasteiger partial charge in [0, 0.05) is 51.4 Å². The minimum absolute atomic E-state index is 0.0844. The molecule has 10 heteroatoms. The monoisotopic (exact) mass is 558 g/mol. The third kappa shape index (κ3) is 8.31. The van der Waals surface area contributed by atoms with Crippen LogP contribution in [0.1, 0.15) is 74.7 Å². The first-order valence-corrected chi connectivity index (χ1v) is 18.8. The highest BCUT2D eigenvalue weighted by Crippen LogP contribution is 2.35. The predicted octanol–water partition coefficient (Wildman–Crippen LogP) is 4.40. The molecule has 6 aliphatic heterocycles. The van der Waals surface area contributed by atoms with Crippen LogP contribution in [0, 0.1) is 11.8 Å². The lowest BCUT2D eigenvalue weighted by molar-refractivity contribution is -0.0986. The van der Waals surface area contributed by atoms with Crippen molar-refractivity contribution in [1.29, 1.82) is 0 Å². The Bertz CT molecular complexity index is 700. The van der Waals surface area contributed by atoms with Gasteiger partial charge in [0.1, 0.15) is 0 Å². The van der Waals surface area contributed by atoms with Crippen LogP contribution in [0.3, 0.4) is 0 Å². The summed E-state index contributed by atoms with van der Waals surface area (Å²) in [5.74, 6) is 0.982. The summed E-state index contributed by atoms with van der Waals surface area (Å²) >= 11 is 0. The third-order valence-corrected chi connectivity index (χ3v) is 14.9. The van der Waals surface area contributed by atoms with E-state index < -0.39 is 17.6 Å². The standard InChI is InChI=1S/C27H54N2O6Si2/c1-9-21(4)19-37-32-24(7)14-29(15-25(8)33-37)17-27(35-37)11-10-26-16-28-12-22(5)30-36(34-26,18-20(2)3)31-23(6)13-28/h20-27H,9-19H2,1-8H3. The summed E-state index contributed by atoms with van der Waals surface area (Å²) in [6, 6.07) is 1.76. The molecule has 7 atom stereocenters. The first-order valence-electron chi connectivity index (χ1n) is 15.0. The highest BCUT2D eigenvalue weighted by molar-refractivity contribution is 6.61. The summed E-state index contributed by atoms with van der Waals surface area (Å²) in [5, 5.41) is 0. The van der Waals surface area contributed by atoms with E-state index in [1.54, 1.807) is 0 Å². The largest absolute Gasteiger partial charge is 0.502 e. The second kappa shape index (κ2) is 12.7. The Morgan fingerprint density at radius 3 is 1.32 bits per heavy atom. The normalized spacial score (nSPS) is 46.0. The maximum atomic E-state index is 6.96. The van der Waals surface area contributed by atoms with Gasteiger partial charge in [-0.1, -0.05) is 34.1 Å². The average Bonchev–Trinajstić information content (AvgIpc) is 2.71. The van der Waals surface area contributed by atoms with Gasteiger partial charge in [0.25, 0.3) is 0 Å². The molecule has 0 N–H and O–H groups in total. The molecule has 0 spiro atoms. The fourth-order valence-electron chi connectivity index (χ4n) is 6.63. The fraction of sp³-hybridized carbons (Fsp3) is 1.00. The van der Waals surface area contributed by atoms with Crippen molar-refractivity contribution in [3.05, 3.63) is 0 Å².